The third-order valence-electron chi connectivity index (χ3n) is 4.12. The minimum Gasteiger partial charge on any atom is -0.320 e. The standard InChI is InChI=1S/C19H16F3N3O3S/c1-12-11-13(2)25(24-12)17-6-4-3-5-16(17)23-18(26)14-7-9-15(10-8-14)29(27,28)19(20,21)22/h3-11H,1-2H3,(H,23,26). The summed E-state index contributed by atoms with van der Waals surface area (Å²) in [6.07, 6.45) is 0. The van der Waals surface area contributed by atoms with Crippen LogP contribution >= 0.6 is 0 Å². The van der Waals surface area contributed by atoms with E-state index in [1.54, 1.807) is 28.9 Å². The summed E-state index contributed by atoms with van der Waals surface area (Å²) in [7, 11) is -5.47. The topological polar surface area (TPSA) is 81.1 Å². The lowest BCUT2D eigenvalue weighted by Gasteiger charge is -2.13. The molecule has 1 amide bonds. The number of hydrogen-bond donors (Lipinski definition) is 1. The van der Waals surface area contributed by atoms with Crippen molar-refractivity contribution in [1.29, 1.82) is 0 Å². The van der Waals surface area contributed by atoms with Gasteiger partial charge in [-0.1, -0.05) is 12.1 Å². The number of amides is 1. The normalized spacial score (nSPS) is 12.0. The average Bonchev–Trinajstić information content (AvgIpc) is 2.99. The second-order valence-electron chi connectivity index (χ2n) is 6.28. The number of nitrogens with one attached hydrogen (secondary N) is 1. The minimum absolute atomic E-state index is 0.00861. The first-order valence-corrected chi connectivity index (χ1v) is 9.84. The first-order valence-electron chi connectivity index (χ1n) is 8.36. The van der Waals surface area contributed by atoms with Crippen LogP contribution in [-0.2, 0) is 9.84 Å². The molecule has 0 unspecified atom stereocenters. The Hall–Kier alpha value is -3.14. The van der Waals surface area contributed by atoms with E-state index in [4.69, 9.17) is 0 Å². The van der Waals surface area contributed by atoms with Crippen LogP contribution in [0.4, 0.5) is 18.9 Å². The number of sulfone groups is 1. The molecule has 0 aliphatic rings. The number of aryl methyl sites for hydroxylation is 2. The van der Waals surface area contributed by atoms with Crippen LogP contribution in [0.25, 0.3) is 5.69 Å². The van der Waals surface area contributed by atoms with E-state index in [2.05, 4.69) is 10.4 Å². The third-order valence-corrected chi connectivity index (χ3v) is 5.62. The van der Waals surface area contributed by atoms with Gasteiger partial charge in [-0.15, -0.1) is 0 Å². The first-order chi connectivity index (χ1) is 13.5. The summed E-state index contributed by atoms with van der Waals surface area (Å²) in [5.41, 5.74) is -2.70. The van der Waals surface area contributed by atoms with Crippen LogP contribution < -0.4 is 5.32 Å². The zero-order valence-corrected chi connectivity index (χ0v) is 16.2. The number of para-hydroxylation sites is 2. The molecule has 0 bridgehead atoms. The highest BCUT2D eigenvalue weighted by atomic mass is 32.2. The van der Waals surface area contributed by atoms with E-state index in [-0.39, 0.29) is 5.56 Å². The lowest BCUT2D eigenvalue weighted by atomic mass is 10.2. The quantitative estimate of drug-likeness (QED) is 0.687. The van der Waals surface area contributed by atoms with E-state index in [0.717, 1.165) is 35.7 Å². The molecule has 0 atom stereocenters. The zero-order chi connectivity index (χ0) is 21.4. The Morgan fingerprint density at radius 3 is 2.21 bits per heavy atom. The molecular weight excluding hydrogens is 407 g/mol. The van der Waals surface area contributed by atoms with Crippen LogP contribution in [0, 0.1) is 13.8 Å². The lowest BCUT2D eigenvalue weighted by molar-refractivity contribution is -0.0436. The maximum atomic E-state index is 12.6. The largest absolute Gasteiger partial charge is 0.501 e. The Balaban J connectivity index is 1.88. The Kier molecular flexibility index (Phi) is 5.22. The molecule has 0 aliphatic heterocycles. The van der Waals surface area contributed by atoms with Crippen molar-refractivity contribution in [2.75, 3.05) is 5.32 Å². The molecule has 0 radical (unpaired) electrons. The van der Waals surface area contributed by atoms with Gasteiger partial charge in [0.25, 0.3) is 15.7 Å². The molecule has 2 aromatic carbocycles. The van der Waals surface area contributed by atoms with Gasteiger partial charge in [-0.2, -0.15) is 18.3 Å². The van der Waals surface area contributed by atoms with Crippen LogP contribution in [0.1, 0.15) is 21.7 Å². The van der Waals surface area contributed by atoms with E-state index >= 15 is 0 Å². The second kappa shape index (κ2) is 7.36. The molecule has 0 spiro atoms. The second-order valence-corrected chi connectivity index (χ2v) is 8.22. The van der Waals surface area contributed by atoms with Crippen LogP contribution in [0.2, 0.25) is 0 Å². The maximum Gasteiger partial charge on any atom is 0.501 e. The highest BCUT2D eigenvalue weighted by Crippen LogP contribution is 2.30. The summed E-state index contributed by atoms with van der Waals surface area (Å²) in [5, 5.41) is 7.05. The highest BCUT2D eigenvalue weighted by Gasteiger charge is 2.46. The molecule has 3 aromatic rings. The van der Waals surface area contributed by atoms with Crippen LogP contribution in [0.3, 0.4) is 0 Å². The van der Waals surface area contributed by atoms with E-state index in [9.17, 15) is 26.4 Å². The summed E-state index contributed by atoms with van der Waals surface area (Å²) >= 11 is 0. The average molecular weight is 423 g/mol. The predicted molar refractivity (Wildman–Crippen MR) is 101 cm³/mol. The fraction of sp³-hybridized carbons (Fsp3) is 0.158. The molecule has 0 aliphatic carbocycles. The number of aromatic nitrogens is 2. The third kappa shape index (κ3) is 4.02. The summed E-state index contributed by atoms with van der Waals surface area (Å²) in [4.78, 5) is 11.6. The van der Waals surface area contributed by atoms with Gasteiger partial charge in [-0.3, -0.25) is 4.79 Å². The van der Waals surface area contributed by atoms with Gasteiger partial charge in [-0.05, 0) is 56.3 Å². The van der Waals surface area contributed by atoms with Crippen LogP contribution in [0.5, 0.6) is 0 Å². The molecule has 6 nitrogen and oxygen atoms in total. The fourth-order valence-corrected chi connectivity index (χ4v) is 3.51. The van der Waals surface area contributed by atoms with Crippen molar-refractivity contribution < 1.29 is 26.4 Å². The van der Waals surface area contributed by atoms with Crippen molar-refractivity contribution in [3.05, 3.63) is 71.5 Å². The monoisotopic (exact) mass is 423 g/mol. The maximum absolute atomic E-state index is 12.6. The zero-order valence-electron chi connectivity index (χ0n) is 15.4. The first kappa shape index (κ1) is 20.6. The van der Waals surface area contributed by atoms with Gasteiger partial charge in [-0.25, -0.2) is 13.1 Å². The lowest BCUT2D eigenvalue weighted by Crippen LogP contribution is -2.23. The van der Waals surface area contributed by atoms with E-state index in [0.29, 0.717) is 11.4 Å². The Morgan fingerprint density at radius 1 is 1.03 bits per heavy atom. The molecule has 0 saturated heterocycles. The molecule has 0 saturated carbocycles. The summed E-state index contributed by atoms with van der Waals surface area (Å²) in [6.45, 7) is 3.69. The number of nitrogens with zero attached hydrogens (tertiary/aromatic N) is 2. The number of alkyl halides is 3. The number of anilines is 1. The molecule has 1 heterocycles. The fourth-order valence-electron chi connectivity index (χ4n) is 2.75. The van der Waals surface area contributed by atoms with Crippen LogP contribution in [0.15, 0.2) is 59.5 Å². The number of benzene rings is 2. The van der Waals surface area contributed by atoms with Gasteiger partial charge < -0.3 is 5.32 Å². The Labute approximate surface area is 164 Å². The molecule has 1 aromatic heterocycles. The molecule has 10 heteroatoms. The number of carbonyl (C=O) groups excluding carboxylic acids is 1. The predicted octanol–water partition coefficient (Wildman–Crippen LogP) is 4.03. The molecule has 0 fully saturated rings. The molecule has 29 heavy (non-hydrogen) atoms. The number of hydrogen-bond acceptors (Lipinski definition) is 4. The van der Waals surface area contributed by atoms with E-state index in [1.165, 1.54) is 0 Å². The van der Waals surface area contributed by atoms with Crippen molar-refractivity contribution in [2.24, 2.45) is 0 Å². The number of rotatable bonds is 4. The molecule has 3 rings (SSSR count). The van der Waals surface area contributed by atoms with Crippen molar-refractivity contribution in [3.8, 4) is 5.69 Å². The Bertz CT molecular complexity index is 1170. The SMILES string of the molecule is Cc1cc(C)n(-c2ccccc2NC(=O)c2ccc(S(=O)(=O)C(F)(F)F)cc2)n1. The number of halogens is 3. The van der Waals surface area contributed by atoms with E-state index < -0.39 is 26.1 Å². The smallest absolute Gasteiger partial charge is 0.320 e. The highest BCUT2D eigenvalue weighted by molar-refractivity contribution is 7.92. The number of carbonyl (C=O) groups is 1. The van der Waals surface area contributed by atoms with Crippen molar-refractivity contribution in [1.82, 2.24) is 9.78 Å². The van der Waals surface area contributed by atoms with Crippen LogP contribution in [-0.4, -0.2) is 29.6 Å². The van der Waals surface area contributed by atoms with Gasteiger partial charge in [0.1, 0.15) is 0 Å². The summed E-state index contributed by atoms with van der Waals surface area (Å²) < 4.78 is 62.4. The van der Waals surface area contributed by atoms with Gasteiger partial charge in [0.05, 0.1) is 22.0 Å². The minimum atomic E-state index is -5.47. The summed E-state index contributed by atoms with van der Waals surface area (Å²) in [6, 6.07) is 12.3. The van der Waals surface area contributed by atoms with E-state index in [1.807, 2.05) is 19.9 Å². The van der Waals surface area contributed by atoms with Crippen molar-refractivity contribution >= 4 is 21.4 Å². The molecule has 1 N–H and O–H groups in total. The summed E-state index contributed by atoms with van der Waals surface area (Å²) in [5.74, 6) is -0.602. The van der Waals surface area contributed by atoms with Gasteiger partial charge >= 0.3 is 5.51 Å². The van der Waals surface area contributed by atoms with Gasteiger partial charge in [0, 0.05) is 11.3 Å². The Morgan fingerprint density at radius 2 is 1.66 bits per heavy atom. The van der Waals surface area contributed by atoms with Gasteiger partial charge in [0.2, 0.25) is 0 Å². The molecular formula is C19H16F3N3O3S. The van der Waals surface area contributed by atoms with Crippen molar-refractivity contribution in [3.63, 3.8) is 0 Å². The van der Waals surface area contributed by atoms with Gasteiger partial charge in [0.15, 0.2) is 0 Å². The molecule has 152 valence electrons. The van der Waals surface area contributed by atoms with Crippen molar-refractivity contribution in [2.45, 2.75) is 24.3 Å².